The van der Waals surface area contributed by atoms with Crippen LogP contribution in [0.25, 0.3) is 0 Å². The molecule has 1 fully saturated rings. The molecule has 0 bridgehead atoms. The number of phenolic OH excluding ortho intramolecular Hbond substituents is 2. The van der Waals surface area contributed by atoms with Gasteiger partial charge < -0.3 is 25.8 Å². The van der Waals surface area contributed by atoms with Gasteiger partial charge in [-0.05, 0) is 48.4 Å². The Hall–Kier alpha value is -2.82. The molecule has 0 saturated carbocycles. The topological polar surface area (TPSA) is 159 Å². The number of sulfonamides is 1. The molecule has 3 atom stereocenters. The van der Waals surface area contributed by atoms with Crippen molar-refractivity contribution in [3.8, 4) is 11.5 Å². The number of benzene rings is 2. The Morgan fingerprint density at radius 2 is 1.82 bits per heavy atom. The Bertz CT molecular complexity index is 976. The van der Waals surface area contributed by atoms with Crippen molar-refractivity contribution >= 4 is 21.7 Å². The number of aromatic hydroxyl groups is 2. The Labute approximate surface area is 161 Å². The third-order valence-corrected chi connectivity index (χ3v) is 6.07. The molecule has 150 valence electrons. The first-order valence-electron chi connectivity index (χ1n) is 8.41. The van der Waals surface area contributed by atoms with Gasteiger partial charge >= 0.3 is 5.97 Å². The molecule has 6 N–H and O–H groups in total. The molecule has 1 aliphatic heterocycles. The van der Waals surface area contributed by atoms with Gasteiger partial charge in [0.25, 0.3) is 0 Å². The number of nitrogens with two attached hydrogens (primary N) is 1. The summed E-state index contributed by atoms with van der Waals surface area (Å²) in [6.45, 7) is 0.0214. The second-order valence-electron chi connectivity index (χ2n) is 6.57. The average Bonchev–Trinajstić information content (AvgIpc) is 3.12. The Morgan fingerprint density at radius 1 is 1.14 bits per heavy atom. The SMILES string of the molecule is Nc1ccc(S(=O)(=O)NC(C(=O)O)C2COC(c3ccc(O)c(O)c3)C2)cc1. The van der Waals surface area contributed by atoms with Gasteiger partial charge in [-0.3, -0.25) is 4.79 Å². The minimum Gasteiger partial charge on any atom is -0.504 e. The quantitative estimate of drug-likeness (QED) is 0.352. The molecular weight excluding hydrogens is 388 g/mol. The van der Waals surface area contributed by atoms with Crippen molar-refractivity contribution in [3.05, 3.63) is 48.0 Å². The summed E-state index contributed by atoms with van der Waals surface area (Å²) in [6.07, 6.45) is -0.301. The minimum atomic E-state index is -4.07. The highest BCUT2D eigenvalue weighted by atomic mass is 32.2. The number of anilines is 1. The van der Waals surface area contributed by atoms with E-state index in [0.717, 1.165) is 0 Å². The highest BCUT2D eigenvalue weighted by molar-refractivity contribution is 7.89. The van der Waals surface area contributed by atoms with E-state index in [1.165, 1.54) is 36.4 Å². The number of hydrogen-bond donors (Lipinski definition) is 5. The molecule has 0 aromatic heterocycles. The number of nitrogen functional groups attached to an aromatic ring is 1. The van der Waals surface area contributed by atoms with Crippen LogP contribution in [-0.4, -0.2) is 42.4 Å². The van der Waals surface area contributed by atoms with E-state index >= 15 is 0 Å². The zero-order chi connectivity index (χ0) is 20.5. The predicted molar refractivity (Wildman–Crippen MR) is 99.2 cm³/mol. The molecule has 0 radical (unpaired) electrons. The van der Waals surface area contributed by atoms with Crippen LogP contribution in [0.4, 0.5) is 5.69 Å². The minimum absolute atomic E-state index is 0.0214. The molecule has 0 amide bonds. The number of carboxylic acid groups (broad SMARTS) is 1. The highest BCUT2D eigenvalue weighted by Gasteiger charge is 2.39. The van der Waals surface area contributed by atoms with Gasteiger partial charge in [-0.1, -0.05) is 6.07 Å². The van der Waals surface area contributed by atoms with Crippen molar-refractivity contribution in [2.24, 2.45) is 5.92 Å². The maximum Gasteiger partial charge on any atom is 0.322 e. The van der Waals surface area contributed by atoms with Crippen molar-refractivity contribution in [2.75, 3.05) is 12.3 Å². The first-order chi connectivity index (χ1) is 13.2. The van der Waals surface area contributed by atoms with Crippen LogP contribution in [0.2, 0.25) is 0 Å². The lowest BCUT2D eigenvalue weighted by Crippen LogP contribution is -2.46. The molecule has 9 nitrogen and oxygen atoms in total. The summed E-state index contributed by atoms with van der Waals surface area (Å²) < 4.78 is 32.9. The van der Waals surface area contributed by atoms with E-state index in [9.17, 15) is 28.5 Å². The second kappa shape index (κ2) is 7.66. The summed E-state index contributed by atoms with van der Waals surface area (Å²) in [5.74, 6) is -2.54. The zero-order valence-corrected chi connectivity index (χ0v) is 15.5. The molecule has 1 heterocycles. The lowest BCUT2D eigenvalue weighted by atomic mass is 9.94. The molecule has 3 rings (SSSR count). The summed E-state index contributed by atoms with van der Waals surface area (Å²) in [4.78, 5) is 11.6. The molecular formula is C18H20N2O7S. The third-order valence-electron chi connectivity index (χ3n) is 4.61. The summed E-state index contributed by atoms with van der Waals surface area (Å²) in [5.41, 5.74) is 6.50. The molecule has 3 unspecified atom stereocenters. The van der Waals surface area contributed by atoms with Gasteiger partial charge in [-0.2, -0.15) is 4.72 Å². The largest absolute Gasteiger partial charge is 0.504 e. The maximum absolute atomic E-state index is 12.5. The number of phenols is 2. The molecule has 2 aromatic rings. The molecule has 1 saturated heterocycles. The normalized spacial score (nSPS) is 20.7. The van der Waals surface area contributed by atoms with Crippen molar-refractivity contribution < 1.29 is 33.3 Å². The zero-order valence-electron chi connectivity index (χ0n) is 14.6. The van der Waals surface area contributed by atoms with E-state index in [4.69, 9.17) is 10.5 Å². The number of aliphatic carboxylic acids is 1. The van der Waals surface area contributed by atoms with Crippen LogP contribution >= 0.6 is 0 Å². The number of carboxylic acids is 1. The number of hydrogen-bond acceptors (Lipinski definition) is 7. The van der Waals surface area contributed by atoms with Crippen LogP contribution in [0.15, 0.2) is 47.4 Å². The summed E-state index contributed by atoms with van der Waals surface area (Å²) in [7, 11) is -4.07. The fourth-order valence-corrected chi connectivity index (χ4v) is 4.34. The van der Waals surface area contributed by atoms with E-state index < -0.39 is 34.1 Å². The van der Waals surface area contributed by atoms with Crippen LogP contribution in [0.5, 0.6) is 11.5 Å². The van der Waals surface area contributed by atoms with Gasteiger partial charge in [0.1, 0.15) is 6.04 Å². The van der Waals surface area contributed by atoms with E-state index in [2.05, 4.69) is 4.72 Å². The summed E-state index contributed by atoms with van der Waals surface area (Å²) >= 11 is 0. The lowest BCUT2D eigenvalue weighted by molar-refractivity contribution is -0.140. The van der Waals surface area contributed by atoms with E-state index in [1.807, 2.05) is 0 Å². The van der Waals surface area contributed by atoms with Crippen LogP contribution in [0, 0.1) is 5.92 Å². The van der Waals surface area contributed by atoms with E-state index in [0.29, 0.717) is 11.3 Å². The summed E-state index contributed by atoms with van der Waals surface area (Å²) in [6, 6.07) is 8.21. The van der Waals surface area contributed by atoms with Gasteiger partial charge in [-0.15, -0.1) is 0 Å². The van der Waals surface area contributed by atoms with E-state index in [1.54, 1.807) is 6.07 Å². The molecule has 10 heteroatoms. The number of rotatable bonds is 6. The molecule has 28 heavy (non-hydrogen) atoms. The number of ether oxygens (including phenoxy) is 1. The number of nitrogens with one attached hydrogen (secondary N) is 1. The van der Waals surface area contributed by atoms with Crippen LogP contribution < -0.4 is 10.5 Å². The predicted octanol–water partition coefficient (Wildman–Crippen LogP) is 1.19. The maximum atomic E-state index is 12.5. The monoisotopic (exact) mass is 408 g/mol. The first kappa shape index (κ1) is 19.9. The number of carbonyl (C=O) groups is 1. The van der Waals surface area contributed by atoms with Gasteiger partial charge in [0.2, 0.25) is 10.0 Å². The van der Waals surface area contributed by atoms with Crippen LogP contribution in [-0.2, 0) is 19.6 Å². The third kappa shape index (κ3) is 4.19. The standard InChI is InChI=1S/C18H20N2O7S/c19-12-2-4-13(5-3-12)28(25,26)20-17(18(23)24)11-8-16(27-9-11)10-1-6-14(21)15(22)7-10/h1-7,11,16-17,20-22H,8-9,19H2,(H,23,24). The van der Waals surface area contributed by atoms with Gasteiger partial charge in [0.05, 0.1) is 17.6 Å². The van der Waals surface area contributed by atoms with Gasteiger partial charge in [-0.25, -0.2) is 8.42 Å². The Kier molecular flexibility index (Phi) is 5.45. The van der Waals surface area contributed by atoms with Crippen LogP contribution in [0.3, 0.4) is 0 Å². The second-order valence-corrected chi connectivity index (χ2v) is 8.29. The highest BCUT2D eigenvalue weighted by Crippen LogP contribution is 2.37. The average molecular weight is 408 g/mol. The van der Waals surface area contributed by atoms with E-state index in [-0.39, 0.29) is 29.4 Å². The van der Waals surface area contributed by atoms with Crippen LogP contribution in [0.1, 0.15) is 18.1 Å². The smallest absolute Gasteiger partial charge is 0.322 e. The van der Waals surface area contributed by atoms with Crippen molar-refractivity contribution in [2.45, 2.75) is 23.5 Å². The fourth-order valence-electron chi connectivity index (χ4n) is 3.09. The molecule has 0 spiro atoms. The lowest BCUT2D eigenvalue weighted by Gasteiger charge is -2.20. The molecule has 1 aliphatic rings. The Balaban J connectivity index is 1.76. The summed E-state index contributed by atoms with van der Waals surface area (Å²) in [5, 5.41) is 28.6. The first-order valence-corrected chi connectivity index (χ1v) is 9.90. The molecule has 0 aliphatic carbocycles. The Morgan fingerprint density at radius 3 is 2.43 bits per heavy atom. The van der Waals surface area contributed by atoms with Gasteiger partial charge in [0, 0.05) is 11.6 Å². The van der Waals surface area contributed by atoms with Crippen molar-refractivity contribution in [1.82, 2.24) is 4.72 Å². The fraction of sp³-hybridized carbons (Fsp3) is 0.278. The van der Waals surface area contributed by atoms with Gasteiger partial charge in [0.15, 0.2) is 11.5 Å². The van der Waals surface area contributed by atoms with Crippen molar-refractivity contribution in [3.63, 3.8) is 0 Å². The molecule has 2 aromatic carbocycles. The van der Waals surface area contributed by atoms with Crippen molar-refractivity contribution in [1.29, 1.82) is 0 Å².